The zero-order valence-electron chi connectivity index (χ0n) is 11.3. The zero-order chi connectivity index (χ0) is 12.8. The van der Waals surface area contributed by atoms with Gasteiger partial charge < -0.3 is 9.80 Å². The van der Waals surface area contributed by atoms with Crippen LogP contribution < -0.4 is 9.80 Å². The van der Waals surface area contributed by atoms with Gasteiger partial charge in [-0.3, -0.25) is 9.59 Å². The van der Waals surface area contributed by atoms with Crippen LogP contribution in [0, 0.1) is 0 Å². The van der Waals surface area contributed by atoms with Crippen molar-refractivity contribution in [3.63, 3.8) is 0 Å². The van der Waals surface area contributed by atoms with Crippen molar-refractivity contribution in [2.45, 2.75) is 38.5 Å². The topological polar surface area (TPSA) is 43.0 Å². The van der Waals surface area contributed by atoms with Crippen molar-refractivity contribution < 1.29 is 19.4 Å². The predicted molar refractivity (Wildman–Crippen MR) is 68.8 cm³/mol. The van der Waals surface area contributed by atoms with Gasteiger partial charge >= 0.3 is 0 Å². The van der Waals surface area contributed by atoms with E-state index in [0.29, 0.717) is 12.8 Å². The van der Waals surface area contributed by atoms with Crippen molar-refractivity contribution in [1.82, 2.24) is 0 Å². The molecule has 0 aromatic carbocycles. The van der Waals surface area contributed by atoms with E-state index in [-0.39, 0.29) is 11.6 Å². The molecule has 0 bridgehead atoms. The number of likely N-dealkylation sites (tertiary alicyclic amines) is 2. The highest BCUT2D eigenvalue weighted by atomic mass is 16.2. The zero-order valence-corrected chi connectivity index (χ0v) is 11.3. The van der Waals surface area contributed by atoms with E-state index in [1.54, 1.807) is 0 Å². The lowest BCUT2D eigenvalue weighted by Crippen LogP contribution is -3.10. The first-order valence-electron chi connectivity index (χ1n) is 7.49. The Morgan fingerprint density at radius 1 is 0.667 bits per heavy atom. The third kappa shape index (κ3) is 4.18. The Morgan fingerprint density at radius 3 is 1.33 bits per heavy atom. The number of ketones is 2. The Bertz CT molecular complexity index is 262. The number of hydrogen-bond donors (Lipinski definition) is 2. The molecular weight excluding hydrogens is 228 g/mol. The average Bonchev–Trinajstić information content (AvgIpc) is 3.05. The standard InChI is InChI=1S/C14H24N2O2/c17-13(5-11-15-7-1-2-8-15)14(18)6-12-16-9-3-4-10-16/h1-12H2/p+2. The lowest BCUT2D eigenvalue weighted by Gasteiger charge is -2.12. The second kappa shape index (κ2) is 7.00. The van der Waals surface area contributed by atoms with Gasteiger partial charge in [0.2, 0.25) is 11.6 Å². The third-order valence-corrected chi connectivity index (χ3v) is 4.34. The minimum absolute atomic E-state index is 0.131. The van der Waals surface area contributed by atoms with Gasteiger partial charge in [0.25, 0.3) is 0 Å². The fourth-order valence-electron chi connectivity index (χ4n) is 3.11. The quantitative estimate of drug-likeness (QED) is 0.530. The number of Topliss-reactive ketones (excluding diaryl/α,β-unsaturated/α-hetero) is 2. The lowest BCUT2D eigenvalue weighted by molar-refractivity contribution is -0.887. The summed E-state index contributed by atoms with van der Waals surface area (Å²) in [5, 5.41) is 0. The fourth-order valence-corrected chi connectivity index (χ4v) is 3.11. The van der Waals surface area contributed by atoms with E-state index in [9.17, 15) is 9.59 Å². The summed E-state index contributed by atoms with van der Waals surface area (Å²) in [7, 11) is 0. The summed E-state index contributed by atoms with van der Waals surface area (Å²) in [4.78, 5) is 26.5. The molecule has 102 valence electrons. The number of hydrogen-bond acceptors (Lipinski definition) is 2. The maximum atomic E-state index is 11.7. The molecule has 4 heteroatoms. The summed E-state index contributed by atoms with van der Waals surface area (Å²) in [5.74, 6) is -0.263. The number of quaternary nitrogens is 2. The number of nitrogens with one attached hydrogen (secondary N) is 2. The van der Waals surface area contributed by atoms with E-state index in [1.165, 1.54) is 61.7 Å². The Hall–Kier alpha value is -0.740. The molecule has 0 unspecified atom stereocenters. The SMILES string of the molecule is O=C(CC[NH+]1CCCC1)C(=O)CC[NH+]1CCCC1. The fraction of sp³-hybridized carbons (Fsp3) is 0.857. The molecule has 0 amide bonds. The van der Waals surface area contributed by atoms with Gasteiger partial charge in [-0.25, -0.2) is 0 Å². The van der Waals surface area contributed by atoms with Crippen molar-refractivity contribution >= 4 is 11.6 Å². The minimum Gasteiger partial charge on any atom is -0.335 e. The van der Waals surface area contributed by atoms with E-state index in [4.69, 9.17) is 0 Å². The van der Waals surface area contributed by atoms with Gasteiger partial charge in [0.05, 0.1) is 52.1 Å². The van der Waals surface area contributed by atoms with E-state index >= 15 is 0 Å². The van der Waals surface area contributed by atoms with Crippen LogP contribution in [0.15, 0.2) is 0 Å². The Labute approximate surface area is 109 Å². The van der Waals surface area contributed by atoms with Crippen LogP contribution in [0.5, 0.6) is 0 Å². The molecule has 0 aromatic heterocycles. The molecule has 2 aliphatic heterocycles. The molecule has 0 saturated carbocycles. The summed E-state index contributed by atoms with van der Waals surface area (Å²) in [5.41, 5.74) is 0. The van der Waals surface area contributed by atoms with E-state index in [0.717, 1.165) is 13.1 Å². The number of rotatable bonds is 7. The van der Waals surface area contributed by atoms with E-state index in [2.05, 4.69) is 0 Å². The van der Waals surface area contributed by atoms with Gasteiger partial charge in [-0.1, -0.05) is 0 Å². The van der Waals surface area contributed by atoms with Crippen LogP contribution in [0.25, 0.3) is 0 Å². The molecule has 2 rings (SSSR count). The summed E-state index contributed by atoms with van der Waals surface area (Å²) >= 11 is 0. The molecule has 2 fully saturated rings. The molecule has 0 aliphatic carbocycles. The highest BCUT2D eigenvalue weighted by molar-refractivity contribution is 6.37. The first kappa shape index (κ1) is 13.7. The molecule has 0 aromatic rings. The smallest absolute Gasteiger partial charge is 0.204 e. The highest BCUT2D eigenvalue weighted by Gasteiger charge is 2.22. The van der Waals surface area contributed by atoms with Crippen molar-refractivity contribution in [2.24, 2.45) is 0 Å². The van der Waals surface area contributed by atoms with Gasteiger partial charge in [-0.15, -0.1) is 0 Å². The van der Waals surface area contributed by atoms with E-state index in [1.807, 2.05) is 0 Å². The first-order chi connectivity index (χ1) is 8.75. The van der Waals surface area contributed by atoms with Gasteiger partial charge in [0.1, 0.15) is 0 Å². The van der Waals surface area contributed by atoms with Crippen LogP contribution in [0.4, 0.5) is 0 Å². The Balaban J connectivity index is 1.59. The second-order valence-corrected chi connectivity index (χ2v) is 5.76. The molecule has 4 nitrogen and oxygen atoms in total. The molecule has 0 radical (unpaired) electrons. The van der Waals surface area contributed by atoms with Crippen molar-refractivity contribution in [3.05, 3.63) is 0 Å². The van der Waals surface area contributed by atoms with Gasteiger partial charge in [0, 0.05) is 25.7 Å². The van der Waals surface area contributed by atoms with Crippen LogP contribution >= 0.6 is 0 Å². The molecule has 0 atom stereocenters. The molecule has 2 heterocycles. The van der Waals surface area contributed by atoms with Crippen LogP contribution in [-0.4, -0.2) is 50.8 Å². The number of carbonyl (C=O) groups is 2. The van der Waals surface area contributed by atoms with Crippen LogP contribution in [0.1, 0.15) is 38.5 Å². The van der Waals surface area contributed by atoms with Gasteiger partial charge in [-0.05, 0) is 0 Å². The molecule has 2 aliphatic rings. The van der Waals surface area contributed by atoms with Crippen LogP contribution in [0.3, 0.4) is 0 Å². The predicted octanol–water partition coefficient (Wildman–Crippen LogP) is -1.74. The Morgan fingerprint density at radius 2 is 1.00 bits per heavy atom. The molecule has 2 saturated heterocycles. The van der Waals surface area contributed by atoms with Crippen LogP contribution in [-0.2, 0) is 9.59 Å². The maximum Gasteiger partial charge on any atom is 0.204 e. The largest absolute Gasteiger partial charge is 0.335 e. The second-order valence-electron chi connectivity index (χ2n) is 5.76. The van der Waals surface area contributed by atoms with Crippen molar-refractivity contribution in [2.75, 3.05) is 39.3 Å². The molecule has 18 heavy (non-hydrogen) atoms. The Kier molecular flexibility index (Phi) is 5.32. The summed E-state index contributed by atoms with van der Waals surface area (Å²) in [6, 6.07) is 0. The lowest BCUT2D eigenvalue weighted by atomic mass is 10.1. The monoisotopic (exact) mass is 254 g/mol. The average molecular weight is 254 g/mol. The highest BCUT2D eigenvalue weighted by Crippen LogP contribution is 1.93. The van der Waals surface area contributed by atoms with Gasteiger partial charge in [0.15, 0.2) is 0 Å². The molecular formula is C14H26N2O2+2. The normalized spacial score (nSPS) is 21.6. The van der Waals surface area contributed by atoms with Crippen LogP contribution in [0.2, 0.25) is 0 Å². The molecule has 2 N–H and O–H groups in total. The van der Waals surface area contributed by atoms with E-state index < -0.39 is 0 Å². The van der Waals surface area contributed by atoms with Crippen molar-refractivity contribution in [3.8, 4) is 0 Å². The summed E-state index contributed by atoms with van der Waals surface area (Å²) in [6.45, 7) is 6.44. The summed E-state index contributed by atoms with van der Waals surface area (Å²) in [6.07, 6.45) is 6.02. The summed E-state index contributed by atoms with van der Waals surface area (Å²) < 4.78 is 0. The minimum atomic E-state index is -0.131. The number of carbonyl (C=O) groups excluding carboxylic acids is 2. The van der Waals surface area contributed by atoms with Gasteiger partial charge in [-0.2, -0.15) is 0 Å². The first-order valence-corrected chi connectivity index (χ1v) is 7.49. The van der Waals surface area contributed by atoms with Crippen molar-refractivity contribution in [1.29, 1.82) is 0 Å². The molecule has 0 spiro atoms. The third-order valence-electron chi connectivity index (χ3n) is 4.34. The maximum absolute atomic E-state index is 11.7.